The minimum absolute atomic E-state index is 0.00320. The summed E-state index contributed by atoms with van der Waals surface area (Å²) in [5.41, 5.74) is 1.65. The van der Waals surface area contributed by atoms with Crippen molar-refractivity contribution in [1.29, 1.82) is 0 Å². The van der Waals surface area contributed by atoms with E-state index in [0.29, 0.717) is 113 Å². The summed E-state index contributed by atoms with van der Waals surface area (Å²) in [5.74, 6) is -0.405. The number of likely N-dealkylation sites (tertiary alicyclic amines) is 2. The van der Waals surface area contributed by atoms with Crippen molar-refractivity contribution in [2.45, 2.75) is 90.0 Å². The molecule has 8 rings (SSSR count). The molecule has 0 unspecified atom stereocenters. The summed E-state index contributed by atoms with van der Waals surface area (Å²) in [6, 6.07) is 10.2. The normalized spacial score (nSPS) is 19.4. The number of pyridine rings is 1. The van der Waals surface area contributed by atoms with E-state index in [9.17, 15) is 27.6 Å². The van der Waals surface area contributed by atoms with Gasteiger partial charge in [-0.3, -0.25) is 29.2 Å². The number of amides is 4. The van der Waals surface area contributed by atoms with Gasteiger partial charge in [0.15, 0.2) is 5.82 Å². The zero-order valence-corrected chi connectivity index (χ0v) is 39.5. The van der Waals surface area contributed by atoms with E-state index >= 15 is 4.39 Å². The van der Waals surface area contributed by atoms with E-state index in [0.717, 1.165) is 20.7 Å². The highest BCUT2D eigenvalue weighted by Gasteiger charge is 2.37. The largest absolute Gasteiger partial charge is 0.357 e. The van der Waals surface area contributed by atoms with Crippen LogP contribution in [0.15, 0.2) is 48.8 Å². The first-order valence-corrected chi connectivity index (χ1v) is 25.2. The van der Waals surface area contributed by atoms with Crippen molar-refractivity contribution in [2.75, 3.05) is 67.8 Å². The van der Waals surface area contributed by atoms with Gasteiger partial charge in [0.25, 0.3) is 0 Å². The van der Waals surface area contributed by atoms with Gasteiger partial charge in [-0.1, -0.05) is 19.1 Å². The van der Waals surface area contributed by atoms with Gasteiger partial charge < -0.3 is 20.0 Å². The number of benzene rings is 1. The van der Waals surface area contributed by atoms with E-state index < -0.39 is 16.0 Å². The second-order valence-corrected chi connectivity index (χ2v) is 20.7. The lowest BCUT2D eigenvalue weighted by Gasteiger charge is -2.39. The number of piperidine rings is 4. The van der Waals surface area contributed by atoms with E-state index in [1.807, 2.05) is 35.8 Å². The van der Waals surface area contributed by atoms with Gasteiger partial charge in [-0.05, 0) is 88.6 Å². The van der Waals surface area contributed by atoms with Gasteiger partial charge in [-0.15, -0.1) is 11.3 Å². The third-order valence-electron chi connectivity index (χ3n) is 13.2. The lowest BCUT2D eigenvalue weighted by Crippen LogP contribution is -2.48. The Hall–Kier alpha value is -5.60. The number of hydrogen-bond donors (Lipinski definition) is 3. The topological polar surface area (TPSA) is 203 Å². The average Bonchev–Trinajstić information content (AvgIpc) is 3.77. The molecule has 4 amide bonds. The number of hydrogen-bond acceptors (Lipinski definition) is 13. The Labute approximate surface area is 389 Å². The SMILES string of the molecule is CCN(C)S(=O)(=O)Nc1cccc(-c2nc(C3CCN(C(=O)C4CCN(C(=O)C5CCN(c6ccc([C@H]7CCC(=O)NC7=O)cn6)CC5)CC4)CC3)sc2-c2ccnc(NC(C)C)n2)c1F. The quantitative estimate of drug-likeness (QED) is 0.140. The van der Waals surface area contributed by atoms with E-state index in [1.54, 1.807) is 37.5 Å². The van der Waals surface area contributed by atoms with Crippen molar-refractivity contribution in [3.8, 4) is 21.8 Å². The van der Waals surface area contributed by atoms with Gasteiger partial charge in [-0.2, -0.15) is 12.7 Å². The monoisotopic (exact) mass is 943 g/mol. The second-order valence-electron chi connectivity index (χ2n) is 17.9. The van der Waals surface area contributed by atoms with Crippen molar-refractivity contribution < 1.29 is 32.0 Å². The van der Waals surface area contributed by atoms with Crippen LogP contribution in [0, 0.1) is 17.7 Å². The number of aromatic nitrogens is 4. The highest BCUT2D eigenvalue weighted by molar-refractivity contribution is 7.90. The van der Waals surface area contributed by atoms with Crippen LogP contribution in [0.3, 0.4) is 0 Å². The minimum Gasteiger partial charge on any atom is -0.357 e. The molecule has 17 nitrogen and oxygen atoms in total. The minimum atomic E-state index is -3.99. The summed E-state index contributed by atoms with van der Waals surface area (Å²) >= 11 is 1.42. The van der Waals surface area contributed by atoms with Gasteiger partial charge in [-0.25, -0.2) is 24.3 Å². The molecule has 3 aromatic heterocycles. The molecule has 4 aliphatic heterocycles. The Balaban J connectivity index is 0.867. The number of carbonyl (C=O) groups excluding carboxylic acids is 4. The molecule has 7 heterocycles. The third kappa shape index (κ3) is 10.3. The molecular weight excluding hydrogens is 886 g/mol. The molecule has 3 N–H and O–H groups in total. The molecule has 4 fully saturated rings. The van der Waals surface area contributed by atoms with Crippen LogP contribution in [0.4, 0.5) is 21.8 Å². The number of rotatable bonds is 13. The van der Waals surface area contributed by atoms with Crippen LogP contribution >= 0.6 is 11.3 Å². The lowest BCUT2D eigenvalue weighted by atomic mass is 9.90. The number of nitrogens with one attached hydrogen (secondary N) is 3. The van der Waals surface area contributed by atoms with E-state index in [1.165, 1.54) is 24.5 Å². The molecule has 0 spiro atoms. The number of nitrogens with zero attached hydrogens (tertiary/aromatic N) is 8. The maximum Gasteiger partial charge on any atom is 0.301 e. The standard InChI is InChI=1S/C46H58FN11O6S2/c1-5-55(4)66(63,64)54-35-8-6-7-34(39(35)47)40-41(36-13-20-48-46(51-36)50-28(2)3)65-43(53-40)29-14-23-57(24-15-29)45(62)31-18-25-58(26-19-31)44(61)30-16-21-56(22-17-30)37-11-9-32(27-49-37)33-10-12-38(59)52-42(33)60/h6-9,11,13,20,27-31,33,54H,5,10,12,14-19,21-26H2,1-4H3,(H,48,50,51)(H,52,59,60)/t33-/m1/s1. The predicted octanol–water partition coefficient (Wildman–Crippen LogP) is 5.61. The van der Waals surface area contributed by atoms with Gasteiger partial charge in [0.2, 0.25) is 29.6 Å². The van der Waals surface area contributed by atoms with Crippen LogP contribution in [0.25, 0.3) is 21.8 Å². The van der Waals surface area contributed by atoms with Crippen LogP contribution in [0.5, 0.6) is 0 Å². The van der Waals surface area contributed by atoms with Crippen LogP contribution < -0.4 is 20.3 Å². The lowest BCUT2D eigenvalue weighted by molar-refractivity contribution is -0.143. The molecule has 0 radical (unpaired) electrons. The summed E-state index contributed by atoms with van der Waals surface area (Å²) < 4.78 is 45.6. The van der Waals surface area contributed by atoms with Gasteiger partial charge in [0.05, 0.1) is 32.9 Å². The zero-order valence-electron chi connectivity index (χ0n) is 37.8. The van der Waals surface area contributed by atoms with Crippen LogP contribution in [0.1, 0.15) is 94.5 Å². The number of imide groups is 1. The fraction of sp³-hybridized carbons (Fsp3) is 0.522. The first-order valence-electron chi connectivity index (χ1n) is 22.9. The maximum absolute atomic E-state index is 16.4. The molecule has 1 atom stereocenters. The summed E-state index contributed by atoms with van der Waals surface area (Å²) in [7, 11) is -2.58. The molecule has 1 aromatic carbocycles. The molecule has 20 heteroatoms. The van der Waals surface area contributed by atoms with Gasteiger partial charge >= 0.3 is 10.2 Å². The maximum atomic E-state index is 16.4. The highest BCUT2D eigenvalue weighted by atomic mass is 32.2. The fourth-order valence-electron chi connectivity index (χ4n) is 9.23. The van der Waals surface area contributed by atoms with Crippen molar-refractivity contribution in [3.63, 3.8) is 0 Å². The fourth-order valence-corrected chi connectivity index (χ4v) is 11.4. The van der Waals surface area contributed by atoms with Crippen molar-refractivity contribution >= 4 is 62.6 Å². The van der Waals surface area contributed by atoms with Crippen molar-refractivity contribution in [1.82, 2.24) is 39.4 Å². The number of halogens is 1. The summed E-state index contributed by atoms with van der Waals surface area (Å²) in [4.78, 5) is 76.9. The Bertz CT molecular complexity index is 2530. The summed E-state index contributed by atoms with van der Waals surface area (Å²) in [6.07, 6.45) is 8.14. The molecular formula is C46H58FN11O6S2. The Morgan fingerprint density at radius 2 is 1.56 bits per heavy atom. The van der Waals surface area contributed by atoms with Crippen molar-refractivity contribution in [2.24, 2.45) is 11.8 Å². The number of anilines is 3. The predicted molar refractivity (Wildman–Crippen MR) is 250 cm³/mol. The molecule has 4 aromatic rings. The van der Waals surface area contributed by atoms with Crippen LogP contribution in [-0.2, 0) is 29.4 Å². The molecule has 0 aliphatic carbocycles. The van der Waals surface area contributed by atoms with E-state index in [-0.39, 0.29) is 71.1 Å². The average molecular weight is 944 g/mol. The molecule has 66 heavy (non-hydrogen) atoms. The van der Waals surface area contributed by atoms with E-state index in [2.05, 4.69) is 30.2 Å². The summed E-state index contributed by atoms with van der Waals surface area (Å²) in [5, 5.41) is 6.41. The zero-order chi connectivity index (χ0) is 46.7. The molecule has 4 aliphatic rings. The third-order valence-corrected chi connectivity index (χ3v) is 16.0. The van der Waals surface area contributed by atoms with Crippen molar-refractivity contribution in [3.05, 3.63) is 65.2 Å². The van der Waals surface area contributed by atoms with Crippen LogP contribution in [-0.4, -0.2) is 125 Å². The van der Waals surface area contributed by atoms with Gasteiger partial charge in [0, 0.05) is 101 Å². The molecule has 352 valence electrons. The van der Waals surface area contributed by atoms with Crippen LogP contribution in [0.2, 0.25) is 0 Å². The Morgan fingerprint density at radius 3 is 2.18 bits per heavy atom. The number of thiazole rings is 1. The summed E-state index contributed by atoms with van der Waals surface area (Å²) in [6.45, 7) is 9.43. The Morgan fingerprint density at radius 1 is 0.894 bits per heavy atom. The second kappa shape index (κ2) is 20.1. The molecule has 0 bridgehead atoms. The smallest absolute Gasteiger partial charge is 0.301 e. The molecule has 4 saturated heterocycles. The Kier molecular flexibility index (Phi) is 14.3. The molecule has 0 saturated carbocycles. The first-order chi connectivity index (χ1) is 31.7. The van der Waals surface area contributed by atoms with Gasteiger partial charge in [0.1, 0.15) is 5.82 Å². The first kappa shape index (κ1) is 46.9. The number of carbonyl (C=O) groups is 4. The van der Waals surface area contributed by atoms with E-state index in [4.69, 9.17) is 9.97 Å². The highest BCUT2D eigenvalue weighted by Crippen LogP contribution is 2.43.